The smallest absolute Gasteiger partial charge is 0.241 e. The number of aromatic nitrogens is 2. The molecule has 1 aliphatic rings. The van der Waals surface area contributed by atoms with E-state index in [9.17, 15) is 13.2 Å². The molecule has 1 N–H and O–H groups in total. The van der Waals surface area contributed by atoms with Crippen LogP contribution in [0, 0.1) is 6.92 Å². The summed E-state index contributed by atoms with van der Waals surface area (Å²) in [5.41, 5.74) is 2.06. The molecule has 1 aromatic heterocycles. The number of benzene rings is 2. The number of rotatable bonds is 8. The van der Waals surface area contributed by atoms with Crippen LogP contribution in [0.1, 0.15) is 18.4 Å². The lowest BCUT2D eigenvalue weighted by atomic mass is 10.1. The summed E-state index contributed by atoms with van der Waals surface area (Å²) in [4.78, 5) is 21.2. The van der Waals surface area contributed by atoms with Gasteiger partial charge in [0.25, 0.3) is 0 Å². The molecule has 0 radical (unpaired) electrons. The Morgan fingerprint density at radius 2 is 1.74 bits per heavy atom. The fraction of sp³-hybridized carbons (Fsp3) is 0.375. The minimum absolute atomic E-state index is 0.0762. The van der Waals surface area contributed by atoms with Gasteiger partial charge in [-0.2, -0.15) is 9.71 Å². The monoisotopic (exact) mass is 499 g/mol. The van der Waals surface area contributed by atoms with Gasteiger partial charge in [0.15, 0.2) is 0 Å². The van der Waals surface area contributed by atoms with E-state index in [0.717, 1.165) is 11.1 Å². The maximum absolute atomic E-state index is 12.9. The van der Waals surface area contributed by atoms with Crippen molar-refractivity contribution in [1.82, 2.24) is 24.7 Å². The predicted molar refractivity (Wildman–Crippen MR) is 129 cm³/mol. The minimum atomic E-state index is -3.83. The number of sulfonamides is 1. The molecule has 3 aromatic rings. The molecule has 0 aliphatic carbocycles. The fourth-order valence-electron chi connectivity index (χ4n) is 3.84. The first kappa shape index (κ1) is 24.8. The van der Waals surface area contributed by atoms with Crippen molar-refractivity contribution < 1.29 is 22.5 Å². The number of piperazine rings is 1. The predicted octanol–water partition coefficient (Wildman–Crippen LogP) is 2.06. The van der Waals surface area contributed by atoms with E-state index < -0.39 is 16.1 Å². The molecule has 0 unspecified atom stereocenters. The van der Waals surface area contributed by atoms with Gasteiger partial charge in [0, 0.05) is 31.7 Å². The summed E-state index contributed by atoms with van der Waals surface area (Å²) in [6.07, 6.45) is 0. The van der Waals surface area contributed by atoms with Crippen molar-refractivity contribution in [2.45, 2.75) is 31.3 Å². The van der Waals surface area contributed by atoms with Gasteiger partial charge in [-0.25, -0.2) is 8.42 Å². The number of hydrogen-bond donors (Lipinski definition) is 1. The second-order valence-electron chi connectivity index (χ2n) is 8.50. The van der Waals surface area contributed by atoms with Crippen LogP contribution in [0.4, 0.5) is 0 Å². The van der Waals surface area contributed by atoms with Crippen LogP contribution in [-0.4, -0.2) is 73.6 Å². The Kier molecular flexibility index (Phi) is 7.48. The van der Waals surface area contributed by atoms with Crippen molar-refractivity contribution in [3.8, 4) is 17.1 Å². The zero-order valence-corrected chi connectivity index (χ0v) is 20.8. The molecular formula is C24H29N5O5S. The first-order valence-corrected chi connectivity index (χ1v) is 12.8. The van der Waals surface area contributed by atoms with E-state index in [1.807, 2.05) is 31.2 Å². The molecule has 1 aliphatic heterocycles. The van der Waals surface area contributed by atoms with Gasteiger partial charge in [0.05, 0.1) is 24.6 Å². The Labute approximate surface area is 204 Å². The highest BCUT2D eigenvalue weighted by atomic mass is 32.2. The van der Waals surface area contributed by atoms with Gasteiger partial charge < -0.3 is 14.2 Å². The van der Waals surface area contributed by atoms with Crippen molar-refractivity contribution in [3.05, 3.63) is 60.0 Å². The van der Waals surface area contributed by atoms with Crippen LogP contribution in [0.3, 0.4) is 0 Å². The summed E-state index contributed by atoms with van der Waals surface area (Å²) >= 11 is 0. The number of carbonyl (C=O) groups is 1. The molecule has 11 heteroatoms. The van der Waals surface area contributed by atoms with E-state index in [4.69, 9.17) is 9.26 Å². The third-order valence-corrected chi connectivity index (χ3v) is 7.45. The fourth-order valence-corrected chi connectivity index (χ4v) is 5.03. The summed E-state index contributed by atoms with van der Waals surface area (Å²) in [7, 11) is -2.33. The second-order valence-corrected chi connectivity index (χ2v) is 10.2. The highest BCUT2D eigenvalue weighted by Gasteiger charge is 2.29. The second kappa shape index (κ2) is 10.5. The Bertz CT molecular complexity index is 1250. The van der Waals surface area contributed by atoms with Gasteiger partial charge >= 0.3 is 0 Å². The van der Waals surface area contributed by atoms with E-state index >= 15 is 0 Å². The summed E-state index contributed by atoms with van der Waals surface area (Å²) < 4.78 is 38.2. The number of ether oxygens (including phenoxy) is 1. The molecule has 1 saturated heterocycles. The van der Waals surface area contributed by atoms with Gasteiger partial charge in [-0.05, 0) is 38.1 Å². The molecule has 2 aromatic carbocycles. The van der Waals surface area contributed by atoms with Crippen LogP contribution in [0.25, 0.3) is 11.4 Å². The summed E-state index contributed by atoms with van der Waals surface area (Å²) in [6.45, 7) is 6.25. The van der Waals surface area contributed by atoms with Crippen LogP contribution >= 0.6 is 0 Å². The number of amides is 1. The van der Waals surface area contributed by atoms with Gasteiger partial charge in [0.1, 0.15) is 5.75 Å². The maximum atomic E-state index is 12.9. The van der Waals surface area contributed by atoms with E-state index in [0.29, 0.717) is 50.2 Å². The molecule has 35 heavy (non-hydrogen) atoms. The van der Waals surface area contributed by atoms with E-state index in [1.54, 1.807) is 24.0 Å². The molecule has 0 saturated carbocycles. The zero-order valence-electron chi connectivity index (χ0n) is 20.0. The van der Waals surface area contributed by atoms with Crippen molar-refractivity contribution in [3.63, 3.8) is 0 Å². The lowest BCUT2D eigenvalue weighted by Crippen LogP contribution is -2.53. The molecule has 1 atom stereocenters. The molecule has 4 rings (SSSR count). The largest absolute Gasteiger partial charge is 0.497 e. The van der Waals surface area contributed by atoms with Crippen LogP contribution in [0.15, 0.2) is 57.9 Å². The lowest BCUT2D eigenvalue weighted by molar-refractivity contribution is -0.134. The van der Waals surface area contributed by atoms with Crippen LogP contribution in [0.2, 0.25) is 0 Å². The van der Waals surface area contributed by atoms with Crippen LogP contribution in [-0.2, 0) is 21.4 Å². The standard InChI is InChI=1S/C24H29N5O5S/c1-17-4-6-19(7-5-17)23-25-22(34-26-23)16-28-12-14-29(15-13-28)24(30)18(2)27-35(31,32)21-10-8-20(33-3)9-11-21/h4-11,18,27H,12-16H2,1-3H3/t18-/m0/s1. The molecule has 10 nitrogen and oxygen atoms in total. The maximum Gasteiger partial charge on any atom is 0.241 e. The highest BCUT2D eigenvalue weighted by molar-refractivity contribution is 7.89. The van der Waals surface area contributed by atoms with Gasteiger partial charge in [-0.3, -0.25) is 9.69 Å². The Balaban J connectivity index is 1.28. The number of nitrogens with zero attached hydrogens (tertiary/aromatic N) is 4. The summed E-state index contributed by atoms with van der Waals surface area (Å²) in [5.74, 6) is 1.35. The zero-order chi connectivity index (χ0) is 25.0. The third-order valence-electron chi connectivity index (χ3n) is 5.89. The van der Waals surface area contributed by atoms with E-state index in [-0.39, 0.29) is 10.8 Å². The quantitative estimate of drug-likeness (QED) is 0.501. The molecule has 186 valence electrons. The average Bonchev–Trinajstić information content (AvgIpc) is 3.32. The van der Waals surface area contributed by atoms with Crippen LogP contribution < -0.4 is 9.46 Å². The molecular weight excluding hydrogens is 470 g/mol. The van der Waals surface area contributed by atoms with Gasteiger partial charge in [0.2, 0.25) is 27.6 Å². The lowest BCUT2D eigenvalue weighted by Gasteiger charge is -2.35. The topological polar surface area (TPSA) is 118 Å². The number of nitrogens with one attached hydrogen (secondary N) is 1. The minimum Gasteiger partial charge on any atom is -0.497 e. The van der Waals surface area contributed by atoms with Crippen molar-refractivity contribution in [2.24, 2.45) is 0 Å². The summed E-state index contributed by atoms with van der Waals surface area (Å²) in [6, 6.07) is 13.0. The van der Waals surface area contributed by atoms with Gasteiger partial charge in [-0.1, -0.05) is 35.0 Å². The van der Waals surface area contributed by atoms with E-state index in [2.05, 4.69) is 19.8 Å². The number of carbonyl (C=O) groups excluding carboxylic acids is 1. The SMILES string of the molecule is COc1ccc(S(=O)(=O)N[C@@H](C)C(=O)N2CCN(Cc3nc(-c4ccc(C)cc4)no3)CC2)cc1. The molecule has 0 bridgehead atoms. The first-order valence-electron chi connectivity index (χ1n) is 11.3. The Morgan fingerprint density at radius 3 is 2.37 bits per heavy atom. The van der Waals surface area contributed by atoms with Crippen molar-refractivity contribution in [1.29, 1.82) is 0 Å². The van der Waals surface area contributed by atoms with Crippen molar-refractivity contribution in [2.75, 3.05) is 33.3 Å². The summed E-state index contributed by atoms with van der Waals surface area (Å²) in [5, 5.41) is 4.07. The first-order chi connectivity index (χ1) is 16.7. The highest BCUT2D eigenvalue weighted by Crippen LogP contribution is 2.18. The van der Waals surface area contributed by atoms with Crippen molar-refractivity contribution >= 4 is 15.9 Å². The third kappa shape index (κ3) is 6.05. The molecule has 0 spiro atoms. The Hall–Kier alpha value is -3.28. The number of hydrogen-bond acceptors (Lipinski definition) is 8. The molecule has 1 fully saturated rings. The van der Waals surface area contributed by atoms with Gasteiger partial charge in [-0.15, -0.1) is 0 Å². The Morgan fingerprint density at radius 1 is 1.09 bits per heavy atom. The van der Waals surface area contributed by atoms with Crippen LogP contribution in [0.5, 0.6) is 5.75 Å². The van der Waals surface area contributed by atoms with E-state index in [1.165, 1.54) is 19.2 Å². The molecule has 1 amide bonds. The molecule has 2 heterocycles. The average molecular weight is 500 g/mol. The normalized spacial score (nSPS) is 15.7. The number of aryl methyl sites for hydroxylation is 1. The number of methoxy groups -OCH3 is 1.